The van der Waals surface area contributed by atoms with E-state index in [-0.39, 0.29) is 5.75 Å². The third-order valence-electron chi connectivity index (χ3n) is 7.09. The normalized spacial score (nSPS) is 13.5. The summed E-state index contributed by atoms with van der Waals surface area (Å²) >= 11 is 5.50. The lowest BCUT2D eigenvalue weighted by atomic mass is 10.0. The molecule has 1 aromatic heterocycles. The Hall–Kier alpha value is -4.44. The van der Waals surface area contributed by atoms with Crippen LogP contribution in [0.5, 0.6) is 11.5 Å². The van der Waals surface area contributed by atoms with Gasteiger partial charge in [0.25, 0.3) is 0 Å². The van der Waals surface area contributed by atoms with Crippen LogP contribution in [0.2, 0.25) is 0 Å². The van der Waals surface area contributed by atoms with Crippen molar-refractivity contribution in [2.75, 3.05) is 44.2 Å². The van der Waals surface area contributed by atoms with Crippen LogP contribution in [0.15, 0.2) is 66.7 Å². The number of aromatic nitrogens is 3. The molecule has 1 aliphatic heterocycles. The molecule has 0 bridgehead atoms. The average molecular weight is 672 g/mol. The second-order valence-corrected chi connectivity index (χ2v) is 11.2. The van der Waals surface area contributed by atoms with Crippen molar-refractivity contribution in [1.82, 2.24) is 25.4 Å². The molecule has 3 aromatic carbocycles. The lowest BCUT2D eigenvalue weighted by molar-refractivity contribution is -0.274. The Labute approximate surface area is 275 Å². The summed E-state index contributed by atoms with van der Waals surface area (Å²) in [7, 11) is 1.63. The Balaban J connectivity index is 1.20. The smallest absolute Gasteiger partial charge is 0.497 e. The molecule has 1 fully saturated rings. The molecule has 1 saturated heterocycles. The number of benzene rings is 3. The van der Waals surface area contributed by atoms with E-state index in [1.54, 1.807) is 7.11 Å². The maximum Gasteiger partial charge on any atom is 0.573 e. The van der Waals surface area contributed by atoms with Gasteiger partial charge in [0.1, 0.15) is 11.5 Å². The molecule has 2 heterocycles. The first-order valence-electron chi connectivity index (χ1n) is 14.9. The number of nitrogens with zero attached hydrogens (tertiary/aromatic N) is 3. The maximum absolute atomic E-state index is 12.6. The van der Waals surface area contributed by atoms with Crippen molar-refractivity contribution in [2.45, 2.75) is 39.0 Å². The first-order valence-corrected chi connectivity index (χ1v) is 15.3. The highest BCUT2D eigenvalue weighted by Crippen LogP contribution is 2.29. The molecule has 250 valence electrons. The molecule has 4 aromatic rings. The number of thiocarbonyl (C=S) groups is 1. The van der Waals surface area contributed by atoms with Gasteiger partial charge in [0, 0.05) is 23.9 Å². The van der Waals surface area contributed by atoms with Crippen molar-refractivity contribution in [3.8, 4) is 28.6 Å². The molecule has 11 nitrogen and oxygen atoms in total. The van der Waals surface area contributed by atoms with Crippen LogP contribution in [-0.4, -0.2) is 66.1 Å². The monoisotopic (exact) mass is 671 g/mol. The van der Waals surface area contributed by atoms with Crippen LogP contribution in [0, 0.1) is 0 Å². The van der Waals surface area contributed by atoms with Crippen molar-refractivity contribution in [1.29, 1.82) is 0 Å². The van der Waals surface area contributed by atoms with Crippen molar-refractivity contribution >= 4 is 29.0 Å². The molecule has 15 heteroatoms. The average Bonchev–Trinajstić information content (AvgIpc) is 3.72. The highest BCUT2D eigenvalue weighted by atomic mass is 32.1. The van der Waals surface area contributed by atoms with Crippen LogP contribution in [0.25, 0.3) is 17.1 Å². The summed E-state index contributed by atoms with van der Waals surface area (Å²) < 4.78 is 59.8. The third-order valence-corrected chi connectivity index (χ3v) is 7.33. The minimum Gasteiger partial charge on any atom is -0.497 e. The number of hydrogen-bond donors (Lipinski definition) is 4. The number of methoxy groups -OCH3 is 1. The van der Waals surface area contributed by atoms with Gasteiger partial charge < -0.3 is 34.9 Å². The van der Waals surface area contributed by atoms with E-state index in [0.29, 0.717) is 61.5 Å². The first-order chi connectivity index (χ1) is 22.6. The lowest BCUT2D eigenvalue weighted by Gasteiger charge is -2.17. The van der Waals surface area contributed by atoms with E-state index in [1.165, 1.54) is 28.9 Å². The van der Waals surface area contributed by atoms with E-state index >= 15 is 0 Å². The molecule has 0 radical (unpaired) electrons. The molecule has 0 amide bonds. The van der Waals surface area contributed by atoms with Gasteiger partial charge in [0.05, 0.1) is 39.2 Å². The van der Waals surface area contributed by atoms with Crippen LogP contribution >= 0.6 is 12.2 Å². The predicted molar refractivity (Wildman–Crippen MR) is 176 cm³/mol. The number of halogens is 3. The number of anilines is 2. The second kappa shape index (κ2) is 15.4. The van der Waals surface area contributed by atoms with Crippen LogP contribution in [-0.2, 0) is 16.0 Å². The number of alkyl halides is 3. The summed E-state index contributed by atoms with van der Waals surface area (Å²) in [6.07, 6.45) is -5.23. The van der Waals surface area contributed by atoms with Crippen molar-refractivity contribution in [3.63, 3.8) is 0 Å². The first kappa shape index (κ1) is 33.9. The van der Waals surface area contributed by atoms with Gasteiger partial charge in [0.2, 0.25) is 5.95 Å². The Bertz CT molecular complexity index is 1630. The highest BCUT2D eigenvalue weighted by molar-refractivity contribution is 7.80. The maximum atomic E-state index is 12.6. The van der Waals surface area contributed by atoms with Crippen molar-refractivity contribution in [3.05, 3.63) is 77.9 Å². The van der Waals surface area contributed by atoms with E-state index in [0.717, 1.165) is 28.1 Å². The van der Waals surface area contributed by atoms with Gasteiger partial charge in [-0.3, -0.25) is 5.32 Å². The molecule has 0 unspecified atom stereocenters. The van der Waals surface area contributed by atoms with E-state index < -0.39 is 12.7 Å². The standard InChI is InChI=1S/C32H36F3N7O4S/c1-20(2)26-13-12-25(43-3)16-27(26)39-31(47)38-19-36-17-21-4-6-22(7-5-21)29-40-30(37-18-28-44-14-15-45-28)42(41-29)23-8-10-24(11-9-23)46-32(33,34)35/h4-13,16,20,28,36H,14-15,17-19H2,1-3H3,(H,37,40,41)(H2,38,39,47). The van der Waals surface area contributed by atoms with Gasteiger partial charge in [-0.15, -0.1) is 18.3 Å². The fourth-order valence-corrected chi connectivity index (χ4v) is 4.96. The summed E-state index contributed by atoms with van der Waals surface area (Å²) in [6, 6.07) is 19.0. The molecule has 4 N–H and O–H groups in total. The minimum atomic E-state index is -4.78. The summed E-state index contributed by atoms with van der Waals surface area (Å²) in [6.45, 7) is 6.56. The fraction of sp³-hybridized carbons (Fsp3) is 0.344. The van der Waals surface area contributed by atoms with Gasteiger partial charge >= 0.3 is 6.36 Å². The Morgan fingerprint density at radius 1 is 1.02 bits per heavy atom. The third kappa shape index (κ3) is 9.54. The fourth-order valence-electron chi connectivity index (χ4n) is 4.78. The zero-order chi connectivity index (χ0) is 33.4. The SMILES string of the molecule is COc1ccc(C(C)C)c(NC(=S)NCNCc2ccc(-c3nc(NCC4OCCO4)n(-c4ccc(OC(F)(F)F)cc4)n3)cc2)c1. The van der Waals surface area contributed by atoms with Gasteiger partial charge in [-0.1, -0.05) is 44.2 Å². The quantitative estimate of drug-likeness (QED) is 0.0788. The molecule has 47 heavy (non-hydrogen) atoms. The zero-order valence-corrected chi connectivity index (χ0v) is 26.9. The predicted octanol–water partition coefficient (Wildman–Crippen LogP) is 5.78. The van der Waals surface area contributed by atoms with Gasteiger partial charge in [-0.05, 0) is 59.6 Å². The summed E-state index contributed by atoms with van der Waals surface area (Å²) in [5, 5.41) is 18.0. The molecule has 5 rings (SSSR count). The molecule has 0 aliphatic carbocycles. The molecule has 0 saturated carbocycles. The van der Waals surface area contributed by atoms with Crippen LogP contribution in [0.1, 0.15) is 30.9 Å². The van der Waals surface area contributed by atoms with Gasteiger partial charge in [-0.2, -0.15) is 9.67 Å². The summed E-state index contributed by atoms with van der Waals surface area (Å²) in [5.74, 6) is 1.52. The number of rotatable bonds is 13. The molecule has 1 aliphatic rings. The van der Waals surface area contributed by atoms with E-state index in [4.69, 9.17) is 26.4 Å². The van der Waals surface area contributed by atoms with Gasteiger partial charge in [-0.25, -0.2) is 0 Å². The van der Waals surface area contributed by atoms with Crippen LogP contribution in [0.3, 0.4) is 0 Å². The van der Waals surface area contributed by atoms with Crippen LogP contribution in [0.4, 0.5) is 24.8 Å². The molecular weight excluding hydrogens is 635 g/mol. The highest BCUT2D eigenvalue weighted by Gasteiger charge is 2.31. The second-order valence-electron chi connectivity index (χ2n) is 10.8. The largest absolute Gasteiger partial charge is 0.573 e. The Morgan fingerprint density at radius 2 is 1.72 bits per heavy atom. The van der Waals surface area contributed by atoms with E-state index in [9.17, 15) is 13.2 Å². The topological polar surface area (TPSA) is 116 Å². The number of hydrogen-bond acceptors (Lipinski definition) is 9. The molecular formula is C32H36F3N7O4S. The van der Waals surface area contributed by atoms with Crippen molar-refractivity contribution < 1.29 is 32.1 Å². The number of nitrogens with one attached hydrogen (secondary N) is 4. The molecule has 0 atom stereocenters. The zero-order valence-electron chi connectivity index (χ0n) is 26.1. The number of ether oxygens (including phenoxy) is 4. The minimum absolute atomic E-state index is 0.309. The molecule has 0 spiro atoms. The summed E-state index contributed by atoms with van der Waals surface area (Å²) in [5.41, 5.74) is 4.30. The Kier molecular flexibility index (Phi) is 11.1. The van der Waals surface area contributed by atoms with Crippen molar-refractivity contribution in [2.24, 2.45) is 0 Å². The van der Waals surface area contributed by atoms with E-state index in [2.05, 4.69) is 49.9 Å². The lowest BCUT2D eigenvalue weighted by Crippen LogP contribution is -2.36. The van der Waals surface area contributed by atoms with E-state index in [1.807, 2.05) is 42.5 Å². The summed E-state index contributed by atoms with van der Waals surface area (Å²) in [4.78, 5) is 4.65. The van der Waals surface area contributed by atoms with Crippen LogP contribution < -0.4 is 30.7 Å². The Morgan fingerprint density at radius 3 is 2.38 bits per heavy atom. The van der Waals surface area contributed by atoms with Gasteiger partial charge in [0.15, 0.2) is 17.2 Å².